The molecule has 0 aromatic heterocycles. The Hall–Kier alpha value is -4.64. The van der Waals surface area contributed by atoms with Crippen molar-refractivity contribution in [3.05, 3.63) is 86.4 Å². The summed E-state index contributed by atoms with van der Waals surface area (Å²) >= 11 is 6.04. The van der Waals surface area contributed by atoms with Gasteiger partial charge in [-0.1, -0.05) is 17.7 Å². The summed E-state index contributed by atoms with van der Waals surface area (Å²) in [5, 5.41) is 12.0. The van der Waals surface area contributed by atoms with Gasteiger partial charge in [0.05, 0.1) is 37.9 Å². The average molecular weight is 538 g/mol. The number of rotatable bonds is 7. The van der Waals surface area contributed by atoms with Gasteiger partial charge in [0, 0.05) is 16.8 Å². The summed E-state index contributed by atoms with van der Waals surface area (Å²) < 4.78 is 16.3. The lowest BCUT2D eigenvalue weighted by Gasteiger charge is -2.49. The topological polar surface area (TPSA) is 129 Å². The van der Waals surface area contributed by atoms with E-state index in [-0.39, 0.29) is 11.1 Å². The number of nitro benzene ring substituents is 1. The molecule has 11 nitrogen and oxygen atoms in total. The number of carbonyl (C=O) groups excluding carboxylic acids is 3. The Bertz CT molecular complexity index is 1480. The maximum Gasteiger partial charge on any atom is 0.282 e. The van der Waals surface area contributed by atoms with Gasteiger partial charge in [-0.2, -0.15) is 0 Å². The van der Waals surface area contributed by atoms with Crippen LogP contribution in [0, 0.1) is 10.1 Å². The number of carbonyl (C=O) groups is 3. The van der Waals surface area contributed by atoms with E-state index < -0.39 is 40.4 Å². The highest BCUT2D eigenvalue weighted by Gasteiger charge is 2.58. The van der Waals surface area contributed by atoms with E-state index in [1.54, 1.807) is 36.4 Å². The molecule has 0 spiro atoms. The predicted molar refractivity (Wildman–Crippen MR) is 135 cm³/mol. The maximum absolute atomic E-state index is 13.6. The van der Waals surface area contributed by atoms with E-state index in [0.717, 1.165) is 11.0 Å². The lowest BCUT2D eigenvalue weighted by molar-refractivity contribution is -0.385. The molecule has 1 fully saturated rings. The van der Waals surface area contributed by atoms with Crippen LogP contribution in [0.15, 0.2) is 54.6 Å². The third kappa shape index (κ3) is 3.62. The molecule has 2 atom stereocenters. The number of nitrogens with zero attached hydrogens (tertiary/aromatic N) is 3. The van der Waals surface area contributed by atoms with Gasteiger partial charge in [0.1, 0.15) is 11.6 Å². The van der Waals surface area contributed by atoms with Crippen molar-refractivity contribution in [2.24, 2.45) is 0 Å². The van der Waals surface area contributed by atoms with Crippen LogP contribution in [-0.4, -0.2) is 54.9 Å². The molecule has 0 saturated carbocycles. The van der Waals surface area contributed by atoms with E-state index in [0.29, 0.717) is 33.5 Å². The van der Waals surface area contributed by atoms with Crippen LogP contribution in [0.4, 0.5) is 11.4 Å². The molecular weight excluding hydrogens is 518 g/mol. The second-order valence-electron chi connectivity index (χ2n) is 8.47. The van der Waals surface area contributed by atoms with Crippen molar-refractivity contribution in [1.29, 1.82) is 0 Å². The Morgan fingerprint density at radius 2 is 1.47 bits per heavy atom. The summed E-state index contributed by atoms with van der Waals surface area (Å²) in [5.41, 5.74) is -0.0365. The highest BCUT2D eigenvalue weighted by molar-refractivity contribution is 6.30. The van der Waals surface area contributed by atoms with Gasteiger partial charge < -0.3 is 19.1 Å². The number of halogens is 1. The van der Waals surface area contributed by atoms with Crippen molar-refractivity contribution in [3.8, 4) is 17.2 Å². The average Bonchev–Trinajstić information content (AvgIpc) is 3.16. The van der Waals surface area contributed by atoms with Crippen LogP contribution in [0.3, 0.4) is 0 Å². The van der Waals surface area contributed by atoms with Crippen molar-refractivity contribution < 1.29 is 33.5 Å². The zero-order valence-corrected chi connectivity index (χ0v) is 21.1. The van der Waals surface area contributed by atoms with Gasteiger partial charge in [0.2, 0.25) is 5.75 Å². The fourth-order valence-electron chi connectivity index (χ4n) is 4.91. The van der Waals surface area contributed by atoms with Crippen LogP contribution in [-0.2, 0) is 4.79 Å². The second kappa shape index (κ2) is 9.34. The number of anilines is 1. The molecule has 3 aromatic carbocycles. The van der Waals surface area contributed by atoms with E-state index in [1.807, 2.05) is 0 Å². The van der Waals surface area contributed by atoms with E-state index in [4.69, 9.17) is 25.8 Å². The highest BCUT2D eigenvalue weighted by atomic mass is 35.5. The van der Waals surface area contributed by atoms with Crippen molar-refractivity contribution in [3.63, 3.8) is 0 Å². The monoisotopic (exact) mass is 537 g/mol. The molecule has 2 aliphatic rings. The first kappa shape index (κ1) is 25.0. The van der Waals surface area contributed by atoms with E-state index in [1.165, 1.54) is 38.4 Å². The zero-order chi connectivity index (χ0) is 27.3. The molecule has 3 amide bonds. The predicted octanol–water partition coefficient (Wildman–Crippen LogP) is 4.03. The van der Waals surface area contributed by atoms with Crippen LogP contribution in [0.25, 0.3) is 0 Å². The van der Waals surface area contributed by atoms with Gasteiger partial charge in [0.25, 0.3) is 23.4 Å². The summed E-state index contributed by atoms with van der Waals surface area (Å²) in [7, 11) is 4.32. The largest absolute Gasteiger partial charge is 0.493 e. The minimum atomic E-state index is -1.29. The van der Waals surface area contributed by atoms with Crippen molar-refractivity contribution in [2.45, 2.75) is 12.1 Å². The molecule has 0 unspecified atom stereocenters. The zero-order valence-electron chi connectivity index (χ0n) is 20.3. The molecular formula is C26H20ClN3O8. The molecule has 12 heteroatoms. The maximum atomic E-state index is 13.6. The number of β-lactam (4-membered cyclic amide) rings is 1. The number of methoxy groups -OCH3 is 3. The summed E-state index contributed by atoms with van der Waals surface area (Å²) in [6.45, 7) is 0. The first-order valence-corrected chi connectivity index (χ1v) is 11.6. The van der Waals surface area contributed by atoms with Crippen LogP contribution in [0.2, 0.25) is 5.02 Å². The number of imide groups is 1. The molecule has 0 radical (unpaired) electrons. The number of benzene rings is 3. The molecule has 0 bridgehead atoms. The number of nitro groups is 1. The third-order valence-electron chi connectivity index (χ3n) is 6.60. The number of hydrogen-bond acceptors (Lipinski definition) is 8. The van der Waals surface area contributed by atoms with E-state index in [2.05, 4.69) is 0 Å². The first-order chi connectivity index (χ1) is 18.2. The second-order valence-corrected chi connectivity index (χ2v) is 8.91. The molecule has 1 saturated heterocycles. The summed E-state index contributed by atoms with van der Waals surface area (Å²) in [5.74, 6) is -1.34. The Labute approximate surface area is 221 Å². The van der Waals surface area contributed by atoms with E-state index in [9.17, 15) is 24.5 Å². The Kier molecular flexibility index (Phi) is 6.15. The Morgan fingerprint density at radius 1 is 0.842 bits per heavy atom. The van der Waals surface area contributed by atoms with Crippen LogP contribution >= 0.6 is 11.6 Å². The SMILES string of the molecule is COc1cc([C@@H]2[C@H](N3C(=O)c4cccc([N+](=O)[O-])c4C3=O)C(=O)N2c2ccc(Cl)cc2)cc(OC)c1OC. The molecule has 0 aliphatic carbocycles. The van der Waals surface area contributed by atoms with Crippen LogP contribution in [0.1, 0.15) is 32.3 Å². The normalized spacial score (nSPS) is 18.3. The lowest BCUT2D eigenvalue weighted by atomic mass is 9.86. The fourth-order valence-corrected chi connectivity index (χ4v) is 5.03. The van der Waals surface area contributed by atoms with Crippen LogP contribution < -0.4 is 19.1 Å². The molecule has 3 aromatic rings. The Balaban J connectivity index is 1.66. The summed E-state index contributed by atoms with van der Waals surface area (Å²) in [4.78, 5) is 53.6. The highest BCUT2D eigenvalue weighted by Crippen LogP contribution is 2.48. The number of ether oxygens (including phenoxy) is 3. The van der Waals surface area contributed by atoms with Gasteiger partial charge in [-0.05, 0) is 48.0 Å². The van der Waals surface area contributed by atoms with Crippen LogP contribution in [0.5, 0.6) is 17.2 Å². The molecule has 2 aliphatic heterocycles. The number of hydrogen-bond donors (Lipinski definition) is 0. The number of fused-ring (bicyclic) bond motifs is 1. The van der Waals surface area contributed by atoms with Crippen molar-refractivity contribution in [1.82, 2.24) is 4.90 Å². The molecule has 194 valence electrons. The molecule has 0 N–H and O–H groups in total. The summed E-state index contributed by atoms with van der Waals surface area (Å²) in [6, 6.07) is 11.4. The van der Waals surface area contributed by atoms with Gasteiger partial charge in [-0.3, -0.25) is 29.4 Å². The standard InChI is InChI=1S/C26H20ClN3O8/c1-36-18-11-13(12-19(37-2)23(18)38-3)21-22(26(33)28(21)15-9-7-14(27)8-10-15)29-24(31)16-5-4-6-17(30(34)35)20(16)25(29)32/h4-12,21-22H,1-3H3/t21-,22+/m1/s1. The number of amides is 3. The first-order valence-electron chi connectivity index (χ1n) is 11.3. The minimum Gasteiger partial charge on any atom is -0.493 e. The Morgan fingerprint density at radius 3 is 2.03 bits per heavy atom. The smallest absolute Gasteiger partial charge is 0.282 e. The third-order valence-corrected chi connectivity index (χ3v) is 6.85. The minimum absolute atomic E-state index is 0.134. The van der Waals surface area contributed by atoms with E-state index >= 15 is 0 Å². The van der Waals surface area contributed by atoms with Gasteiger partial charge in [0.15, 0.2) is 11.5 Å². The molecule has 2 heterocycles. The van der Waals surface area contributed by atoms with Crippen molar-refractivity contribution in [2.75, 3.05) is 26.2 Å². The molecule has 38 heavy (non-hydrogen) atoms. The lowest BCUT2D eigenvalue weighted by Crippen LogP contribution is -2.67. The van der Waals surface area contributed by atoms with Gasteiger partial charge in [-0.25, -0.2) is 0 Å². The quantitative estimate of drug-likeness (QED) is 0.191. The summed E-state index contributed by atoms with van der Waals surface area (Å²) in [6.07, 6.45) is 0. The fraction of sp³-hybridized carbons (Fsp3) is 0.192. The van der Waals surface area contributed by atoms with Gasteiger partial charge >= 0.3 is 0 Å². The van der Waals surface area contributed by atoms with Gasteiger partial charge in [-0.15, -0.1) is 0 Å². The van der Waals surface area contributed by atoms with Crippen molar-refractivity contribution >= 4 is 40.7 Å². The molecule has 5 rings (SSSR count).